The normalized spacial score (nSPS) is 20.0. The van der Waals surface area contributed by atoms with E-state index in [0.717, 1.165) is 28.6 Å². The number of halogens is 3. The maximum atomic E-state index is 12.9. The number of carbonyl (C=O) groups is 1. The van der Waals surface area contributed by atoms with Crippen LogP contribution < -0.4 is 10.1 Å². The summed E-state index contributed by atoms with van der Waals surface area (Å²) in [4.78, 5) is 21.4. The van der Waals surface area contributed by atoms with E-state index in [-0.39, 0.29) is 24.2 Å². The number of pyridine rings is 2. The molecule has 5 rings (SSSR count). The van der Waals surface area contributed by atoms with E-state index in [9.17, 15) is 18.0 Å². The number of benzene rings is 1. The summed E-state index contributed by atoms with van der Waals surface area (Å²) in [5, 5.41) is 3.59. The Morgan fingerprint density at radius 2 is 2.00 bits per heavy atom. The molecule has 0 bridgehead atoms. The van der Waals surface area contributed by atoms with Gasteiger partial charge in [-0.05, 0) is 30.7 Å². The molecule has 1 unspecified atom stereocenters. The van der Waals surface area contributed by atoms with Crippen LogP contribution in [0.5, 0.6) is 5.75 Å². The first kappa shape index (κ1) is 18.8. The molecule has 2 aliphatic rings. The van der Waals surface area contributed by atoms with Gasteiger partial charge in [0.1, 0.15) is 18.1 Å². The largest absolute Gasteiger partial charge is 0.491 e. The Bertz CT molecular complexity index is 1180. The van der Waals surface area contributed by atoms with Gasteiger partial charge in [0.25, 0.3) is 5.91 Å². The van der Waals surface area contributed by atoms with E-state index in [2.05, 4.69) is 15.3 Å². The van der Waals surface area contributed by atoms with E-state index >= 15 is 0 Å². The molecule has 2 aliphatic heterocycles. The Morgan fingerprint density at radius 1 is 1.17 bits per heavy atom. The van der Waals surface area contributed by atoms with Crippen molar-refractivity contribution in [3.8, 4) is 5.75 Å². The zero-order valence-corrected chi connectivity index (χ0v) is 15.8. The number of hydrogen-bond donors (Lipinski definition) is 1. The SMILES string of the molecule is CC1OCc2c1cnc1cnc(C(=O)N[C@H]3COc4cc(C(F)(F)F)ccc43)cc21. The number of alkyl halides is 3. The van der Waals surface area contributed by atoms with Crippen LogP contribution in [0.25, 0.3) is 10.9 Å². The smallest absolute Gasteiger partial charge is 0.416 e. The summed E-state index contributed by atoms with van der Waals surface area (Å²) in [6.07, 6.45) is -1.22. The van der Waals surface area contributed by atoms with Crippen LogP contribution in [-0.4, -0.2) is 22.5 Å². The van der Waals surface area contributed by atoms with Crippen LogP contribution in [0.3, 0.4) is 0 Å². The summed E-state index contributed by atoms with van der Waals surface area (Å²) < 4.78 is 49.7. The minimum absolute atomic E-state index is 0.0538. The second kappa shape index (κ2) is 6.66. The zero-order chi connectivity index (χ0) is 21.0. The lowest BCUT2D eigenvalue weighted by Crippen LogP contribution is -2.30. The molecule has 154 valence electrons. The van der Waals surface area contributed by atoms with Crippen LogP contribution in [-0.2, 0) is 17.5 Å². The lowest BCUT2D eigenvalue weighted by molar-refractivity contribution is -0.137. The van der Waals surface area contributed by atoms with E-state index in [1.807, 2.05) is 6.92 Å². The van der Waals surface area contributed by atoms with E-state index in [1.54, 1.807) is 12.3 Å². The van der Waals surface area contributed by atoms with Gasteiger partial charge in [0, 0.05) is 22.7 Å². The summed E-state index contributed by atoms with van der Waals surface area (Å²) in [5.74, 6) is -0.322. The monoisotopic (exact) mass is 415 g/mol. The number of rotatable bonds is 2. The summed E-state index contributed by atoms with van der Waals surface area (Å²) in [6.45, 7) is 2.43. The fourth-order valence-electron chi connectivity index (χ4n) is 3.84. The summed E-state index contributed by atoms with van der Waals surface area (Å²) in [7, 11) is 0. The van der Waals surface area contributed by atoms with Crippen molar-refractivity contribution in [3.05, 3.63) is 64.6 Å². The number of hydrogen-bond acceptors (Lipinski definition) is 5. The number of ether oxygens (including phenoxy) is 2. The molecular formula is C21H16F3N3O3. The molecule has 0 saturated carbocycles. The highest BCUT2D eigenvalue weighted by molar-refractivity contribution is 5.97. The Labute approximate surface area is 169 Å². The molecule has 1 amide bonds. The first-order chi connectivity index (χ1) is 14.3. The van der Waals surface area contributed by atoms with Crippen LogP contribution in [0.15, 0.2) is 36.7 Å². The standard InChI is InChI=1S/C21H16F3N3O3/c1-10-14-6-25-17-7-26-16(5-13(17)15(14)8-29-10)20(28)27-18-9-30-19-4-11(21(22,23)24)2-3-12(18)19/h2-7,10,18H,8-9H2,1H3,(H,27,28)/t10?,18-/m0/s1. The van der Waals surface area contributed by atoms with Crippen molar-refractivity contribution in [2.75, 3.05) is 6.61 Å². The minimum Gasteiger partial charge on any atom is -0.491 e. The fourth-order valence-corrected chi connectivity index (χ4v) is 3.84. The Balaban J connectivity index is 1.41. The molecule has 0 fully saturated rings. The Morgan fingerprint density at radius 3 is 2.80 bits per heavy atom. The number of nitrogens with zero attached hydrogens (tertiary/aromatic N) is 2. The van der Waals surface area contributed by atoms with Crippen molar-refractivity contribution in [2.24, 2.45) is 0 Å². The van der Waals surface area contributed by atoms with Gasteiger partial charge in [-0.1, -0.05) is 6.07 Å². The van der Waals surface area contributed by atoms with Crippen molar-refractivity contribution >= 4 is 16.8 Å². The summed E-state index contributed by atoms with van der Waals surface area (Å²) in [6, 6.07) is 4.37. The number of carbonyl (C=O) groups excluding carboxylic acids is 1. The first-order valence-corrected chi connectivity index (χ1v) is 9.35. The molecule has 2 atom stereocenters. The molecule has 1 N–H and O–H groups in total. The van der Waals surface area contributed by atoms with Gasteiger partial charge in [0.05, 0.1) is 36.0 Å². The fraction of sp³-hybridized carbons (Fsp3) is 0.286. The van der Waals surface area contributed by atoms with E-state index in [4.69, 9.17) is 9.47 Å². The van der Waals surface area contributed by atoms with Gasteiger partial charge in [0.15, 0.2) is 0 Å². The average Bonchev–Trinajstić information content (AvgIpc) is 3.30. The highest BCUT2D eigenvalue weighted by Crippen LogP contribution is 2.38. The molecule has 0 radical (unpaired) electrons. The molecule has 0 spiro atoms. The second-order valence-corrected chi connectivity index (χ2v) is 7.32. The highest BCUT2D eigenvalue weighted by atomic mass is 19.4. The second-order valence-electron chi connectivity index (χ2n) is 7.32. The topological polar surface area (TPSA) is 73.3 Å². The van der Waals surface area contributed by atoms with E-state index in [1.165, 1.54) is 12.3 Å². The zero-order valence-electron chi connectivity index (χ0n) is 15.8. The van der Waals surface area contributed by atoms with Gasteiger partial charge in [-0.3, -0.25) is 9.78 Å². The van der Waals surface area contributed by atoms with Gasteiger partial charge in [-0.15, -0.1) is 0 Å². The molecule has 30 heavy (non-hydrogen) atoms. The molecule has 4 heterocycles. The number of nitrogens with one attached hydrogen (secondary N) is 1. The highest BCUT2D eigenvalue weighted by Gasteiger charge is 2.34. The third-order valence-electron chi connectivity index (χ3n) is 5.47. The van der Waals surface area contributed by atoms with E-state index < -0.39 is 23.7 Å². The van der Waals surface area contributed by atoms with Crippen molar-refractivity contribution in [3.63, 3.8) is 0 Å². The van der Waals surface area contributed by atoms with Gasteiger partial charge < -0.3 is 14.8 Å². The minimum atomic E-state index is -4.45. The van der Waals surface area contributed by atoms with Gasteiger partial charge in [-0.2, -0.15) is 13.2 Å². The molecular weight excluding hydrogens is 399 g/mol. The first-order valence-electron chi connectivity index (χ1n) is 9.35. The van der Waals surface area contributed by atoms with Gasteiger partial charge in [0.2, 0.25) is 0 Å². The lowest BCUT2D eigenvalue weighted by Gasteiger charge is -2.13. The maximum absolute atomic E-state index is 12.9. The third-order valence-corrected chi connectivity index (χ3v) is 5.47. The Hall–Kier alpha value is -3.20. The molecule has 9 heteroatoms. The lowest BCUT2D eigenvalue weighted by atomic mass is 10.0. The molecule has 3 aromatic rings. The van der Waals surface area contributed by atoms with Crippen molar-refractivity contribution in [1.82, 2.24) is 15.3 Å². The van der Waals surface area contributed by atoms with Gasteiger partial charge in [-0.25, -0.2) is 4.98 Å². The number of amides is 1. The number of fused-ring (bicyclic) bond motifs is 4. The Kier molecular flexibility index (Phi) is 4.18. The maximum Gasteiger partial charge on any atom is 0.416 e. The van der Waals surface area contributed by atoms with Crippen LogP contribution in [0.4, 0.5) is 13.2 Å². The molecule has 1 aromatic carbocycles. The number of aromatic nitrogens is 2. The summed E-state index contributed by atoms with van der Waals surface area (Å²) >= 11 is 0. The average molecular weight is 415 g/mol. The molecule has 0 saturated heterocycles. The van der Waals surface area contributed by atoms with Crippen molar-refractivity contribution < 1.29 is 27.4 Å². The summed E-state index contributed by atoms with van der Waals surface area (Å²) in [5.41, 5.74) is 2.54. The van der Waals surface area contributed by atoms with Crippen LogP contribution in [0.2, 0.25) is 0 Å². The quantitative estimate of drug-likeness (QED) is 0.682. The predicted molar refractivity (Wildman–Crippen MR) is 99.9 cm³/mol. The van der Waals surface area contributed by atoms with E-state index in [0.29, 0.717) is 17.7 Å². The van der Waals surface area contributed by atoms with Crippen molar-refractivity contribution in [2.45, 2.75) is 31.9 Å². The van der Waals surface area contributed by atoms with Crippen LogP contribution in [0.1, 0.15) is 51.8 Å². The van der Waals surface area contributed by atoms with Crippen LogP contribution >= 0.6 is 0 Å². The van der Waals surface area contributed by atoms with Crippen LogP contribution in [0, 0.1) is 0 Å². The van der Waals surface area contributed by atoms with Gasteiger partial charge >= 0.3 is 6.18 Å². The molecule has 6 nitrogen and oxygen atoms in total. The third kappa shape index (κ3) is 3.06. The predicted octanol–water partition coefficient (Wildman–Crippen LogP) is 4.10. The molecule has 0 aliphatic carbocycles. The van der Waals surface area contributed by atoms with Crippen molar-refractivity contribution in [1.29, 1.82) is 0 Å². The molecule has 2 aromatic heterocycles.